The summed E-state index contributed by atoms with van der Waals surface area (Å²) in [5.41, 5.74) is 6.56. The van der Waals surface area contributed by atoms with Gasteiger partial charge < -0.3 is 15.4 Å². The minimum absolute atomic E-state index is 0.146. The number of carbonyl (C=O) groups is 1. The molecule has 0 saturated carbocycles. The average molecular weight is 327 g/mol. The van der Waals surface area contributed by atoms with Crippen LogP contribution in [0.4, 0.5) is 0 Å². The van der Waals surface area contributed by atoms with Gasteiger partial charge in [0.25, 0.3) is 0 Å². The number of nitrogens with zero attached hydrogens (tertiary/aromatic N) is 1. The summed E-state index contributed by atoms with van der Waals surface area (Å²) in [6.07, 6.45) is 1.39. The summed E-state index contributed by atoms with van der Waals surface area (Å²) in [6.45, 7) is 2.26. The molecule has 1 fully saturated rings. The standard InChI is InChI=1S/C14H19BrN2O2/c1-19-13-3-2-12(15)6-11(13)7-14(18)17-5-4-10(8-16)9-17/h2-3,6,10H,4-5,7-9,16H2,1H3/t10-/m1/s1. The van der Waals surface area contributed by atoms with Gasteiger partial charge in [-0.05, 0) is 37.1 Å². The molecule has 104 valence electrons. The number of halogens is 1. The minimum atomic E-state index is 0.146. The third-order valence-corrected chi connectivity index (χ3v) is 4.05. The van der Waals surface area contributed by atoms with E-state index in [-0.39, 0.29) is 5.91 Å². The molecular formula is C14H19BrN2O2. The van der Waals surface area contributed by atoms with Crippen LogP contribution in [0.15, 0.2) is 22.7 Å². The summed E-state index contributed by atoms with van der Waals surface area (Å²) in [6, 6.07) is 5.72. The Morgan fingerprint density at radius 2 is 2.37 bits per heavy atom. The van der Waals surface area contributed by atoms with Gasteiger partial charge in [-0.3, -0.25) is 4.79 Å². The molecule has 0 bridgehead atoms. The van der Waals surface area contributed by atoms with Crippen molar-refractivity contribution in [3.05, 3.63) is 28.2 Å². The van der Waals surface area contributed by atoms with Gasteiger partial charge in [0.1, 0.15) is 5.75 Å². The van der Waals surface area contributed by atoms with Gasteiger partial charge >= 0.3 is 0 Å². The predicted molar refractivity (Wildman–Crippen MR) is 78.1 cm³/mol. The van der Waals surface area contributed by atoms with Crippen molar-refractivity contribution in [1.29, 1.82) is 0 Å². The Labute approximate surface area is 122 Å². The van der Waals surface area contributed by atoms with E-state index < -0.39 is 0 Å². The third-order valence-electron chi connectivity index (χ3n) is 3.56. The van der Waals surface area contributed by atoms with Crippen LogP contribution in [0, 0.1) is 5.92 Å². The first-order valence-electron chi connectivity index (χ1n) is 6.44. The van der Waals surface area contributed by atoms with Crippen molar-refractivity contribution in [2.75, 3.05) is 26.7 Å². The number of ether oxygens (including phenoxy) is 1. The molecule has 1 aromatic carbocycles. The molecule has 1 amide bonds. The van der Waals surface area contributed by atoms with Gasteiger partial charge in [0.05, 0.1) is 13.5 Å². The van der Waals surface area contributed by atoms with Gasteiger partial charge in [0.15, 0.2) is 0 Å². The van der Waals surface area contributed by atoms with E-state index >= 15 is 0 Å². The zero-order valence-electron chi connectivity index (χ0n) is 11.1. The third kappa shape index (κ3) is 3.48. The van der Waals surface area contributed by atoms with Crippen LogP contribution >= 0.6 is 15.9 Å². The molecule has 1 heterocycles. The fourth-order valence-corrected chi connectivity index (χ4v) is 2.82. The zero-order valence-corrected chi connectivity index (χ0v) is 12.6. The summed E-state index contributed by atoms with van der Waals surface area (Å²) < 4.78 is 6.25. The Balaban J connectivity index is 2.05. The first-order valence-corrected chi connectivity index (χ1v) is 7.23. The highest BCUT2D eigenvalue weighted by molar-refractivity contribution is 9.10. The smallest absolute Gasteiger partial charge is 0.227 e. The average Bonchev–Trinajstić information content (AvgIpc) is 2.88. The highest BCUT2D eigenvalue weighted by Crippen LogP contribution is 2.25. The van der Waals surface area contributed by atoms with Crippen LogP contribution in [0.3, 0.4) is 0 Å². The lowest BCUT2D eigenvalue weighted by Gasteiger charge is -2.17. The quantitative estimate of drug-likeness (QED) is 0.918. The van der Waals surface area contributed by atoms with Gasteiger partial charge in [0.2, 0.25) is 5.91 Å². The van der Waals surface area contributed by atoms with E-state index in [0.29, 0.717) is 18.9 Å². The summed E-state index contributed by atoms with van der Waals surface area (Å²) in [5, 5.41) is 0. The predicted octanol–water partition coefficient (Wildman–Crippen LogP) is 1.81. The number of amides is 1. The maximum absolute atomic E-state index is 12.3. The van der Waals surface area contributed by atoms with Crippen molar-refractivity contribution in [3.63, 3.8) is 0 Å². The van der Waals surface area contributed by atoms with Crippen LogP contribution in [0.2, 0.25) is 0 Å². The number of hydrogen-bond acceptors (Lipinski definition) is 3. The lowest BCUT2D eigenvalue weighted by Crippen LogP contribution is -2.31. The first-order chi connectivity index (χ1) is 9.13. The topological polar surface area (TPSA) is 55.6 Å². The summed E-state index contributed by atoms with van der Waals surface area (Å²) in [4.78, 5) is 14.2. The summed E-state index contributed by atoms with van der Waals surface area (Å²) >= 11 is 3.42. The van der Waals surface area contributed by atoms with E-state index in [0.717, 1.165) is 35.3 Å². The van der Waals surface area contributed by atoms with Crippen LogP contribution in [0.5, 0.6) is 5.75 Å². The molecule has 0 aliphatic carbocycles. The van der Waals surface area contributed by atoms with Gasteiger partial charge in [-0.15, -0.1) is 0 Å². The number of carbonyl (C=O) groups excluding carboxylic acids is 1. The number of hydrogen-bond donors (Lipinski definition) is 1. The molecule has 2 N–H and O–H groups in total. The van der Waals surface area contributed by atoms with Crippen molar-refractivity contribution in [1.82, 2.24) is 4.90 Å². The van der Waals surface area contributed by atoms with Gasteiger partial charge in [-0.25, -0.2) is 0 Å². The number of rotatable bonds is 4. The molecule has 2 rings (SSSR count). The van der Waals surface area contributed by atoms with E-state index in [4.69, 9.17) is 10.5 Å². The highest BCUT2D eigenvalue weighted by atomic mass is 79.9. The molecule has 1 aliphatic heterocycles. The molecule has 5 heteroatoms. The van der Waals surface area contributed by atoms with E-state index in [2.05, 4.69) is 15.9 Å². The summed E-state index contributed by atoms with van der Waals surface area (Å²) in [7, 11) is 1.62. The lowest BCUT2D eigenvalue weighted by atomic mass is 10.1. The van der Waals surface area contributed by atoms with E-state index in [1.807, 2.05) is 23.1 Å². The number of methoxy groups -OCH3 is 1. The number of benzene rings is 1. The van der Waals surface area contributed by atoms with E-state index in [9.17, 15) is 4.79 Å². The molecule has 19 heavy (non-hydrogen) atoms. The number of nitrogens with two attached hydrogens (primary N) is 1. The molecule has 1 aromatic rings. The van der Waals surface area contributed by atoms with Crippen molar-refractivity contribution in [2.45, 2.75) is 12.8 Å². The maximum Gasteiger partial charge on any atom is 0.227 e. The fourth-order valence-electron chi connectivity index (χ4n) is 2.41. The Morgan fingerprint density at radius 1 is 1.58 bits per heavy atom. The maximum atomic E-state index is 12.3. The zero-order chi connectivity index (χ0) is 13.8. The molecule has 1 aliphatic rings. The molecule has 1 saturated heterocycles. The first kappa shape index (κ1) is 14.3. The number of likely N-dealkylation sites (tertiary alicyclic amines) is 1. The van der Waals surface area contributed by atoms with Crippen molar-refractivity contribution in [2.24, 2.45) is 11.7 Å². The van der Waals surface area contributed by atoms with Crippen molar-refractivity contribution >= 4 is 21.8 Å². The van der Waals surface area contributed by atoms with Crippen LogP contribution < -0.4 is 10.5 Å². The second-order valence-corrected chi connectivity index (χ2v) is 5.78. The fraction of sp³-hybridized carbons (Fsp3) is 0.500. The van der Waals surface area contributed by atoms with Gasteiger partial charge in [-0.1, -0.05) is 15.9 Å². The van der Waals surface area contributed by atoms with Crippen molar-refractivity contribution in [3.8, 4) is 5.75 Å². The molecule has 0 unspecified atom stereocenters. The molecule has 4 nitrogen and oxygen atoms in total. The van der Waals surface area contributed by atoms with Crippen LogP contribution in [0.1, 0.15) is 12.0 Å². The van der Waals surface area contributed by atoms with Crippen LogP contribution in [-0.2, 0) is 11.2 Å². The summed E-state index contributed by atoms with van der Waals surface area (Å²) in [5.74, 6) is 1.35. The largest absolute Gasteiger partial charge is 0.496 e. The lowest BCUT2D eigenvalue weighted by molar-refractivity contribution is -0.129. The van der Waals surface area contributed by atoms with Gasteiger partial charge in [-0.2, -0.15) is 0 Å². The van der Waals surface area contributed by atoms with Gasteiger partial charge in [0, 0.05) is 23.1 Å². The van der Waals surface area contributed by atoms with Crippen LogP contribution in [0.25, 0.3) is 0 Å². The normalized spacial score (nSPS) is 18.7. The van der Waals surface area contributed by atoms with E-state index in [1.54, 1.807) is 7.11 Å². The molecule has 0 aromatic heterocycles. The molecule has 0 spiro atoms. The van der Waals surface area contributed by atoms with Crippen molar-refractivity contribution < 1.29 is 9.53 Å². The van der Waals surface area contributed by atoms with E-state index in [1.165, 1.54) is 0 Å². The SMILES string of the molecule is COc1ccc(Br)cc1CC(=O)N1CC[C@H](CN)C1. The highest BCUT2D eigenvalue weighted by Gasteiger charge is 2.25. The molecule has 1 atom stereocenters. The van der Waals surface area contributed by atoms with Crippen LogP contribution in [-0.4, -0.2) is 37.6 Å². The second kappa shape index (κ2) is 6.39. The second-order valence-electron chi connectivity index (χ2n) is 4.86. The molecule has 0 radical (unpaired) electrons. The Morgan fingerprint density at radius 3 is 3.00 bits per heavy atom. The Kier molecular flexibility index (Phi) is 4.82. The minimum Gasteiger partial charge on any atom is -0.496 e. The molecular weight excluding hydrogens is 308 g/mol. The monoisotopic (exact) mass is 326 g/mol. The Hall–Kier alpha value is -1.07. The Bertz CT molecular complexity index is 465.